The van der Waals surface area contributed by atoms with Gasteiger partial charge in [0.2, 0.25) is 5.91 Å². The van der Waals surface area contributed by atoms with Gasteiger partial charge in [0.05, 0.1) is 12.1 Å². The summed E-state index contributed by atoms with van der Waals surface area (Å²) in [6.07, 6.45) is 1.40. The topological polar surface area (TPSA) is 51.2 Å². The van der Waals surface area contributed by atoms with Crippen molar-refractivity contribution in [1.82, 2.24) is 10.3 Å². The lowest BCUT2D eigenvalue weighted by molar-refractivity contribution is -0.120. The number of carbonyl (C=O) groups excluding carboxylic acids is 1. The smallest absolute Gasteiger partial charge is 0.225 e. The molecule has 0 aliphatic rings. The van der Waals surface area contributed by atoms with Crippen molar-refractivity contribution in [2.75, 3.05) is 6.54 Å². The van der Waals surface area contributed by atoms with Crippen molar-refractivity contribution in [2.45, 2.75) is 40.2 Å². The van der Waals surface area contributed by atoms with Crippen LogP contribution in [-0.4, -0.2) is 17.4 Å². The Hall–Kier alpha value is -1.88. The number of hydrogen-bond donors (Lipinski definition) is 1. The summed E-state index contributed by atoms with van der Waals surface area (Å²) in [7, 11) is 0. The Bertz CT molecular complexity index is 623. The number of hydrogen-bond acceptors (Lipinski definition) is 4. The van der Waals surface area contributed by atoms with E-state index in [9.17, 15) is 4.79 Å². The highest BCUT2D eigenvalue weighted by atomic mass is 32.1. The predicted octanol–water partition coefficient (Wildman–Crippen LogP) is 3.74. The van der Waals surface area contributed by atoms with Gasteiger partial charge in [-0.3, -0.25) is 4.79 Å². The average molecular weight is 332 g/mol. The number of para-hydroxylation sites is 1. The highest BCUT2D eigenvalue weighted by Gasteiger charge is 2.12. The first-order valence-electron chi connectivity index (χ1n) is 7.94. The first-order chi connectivity index (χ1) is 11.0. The molecule has 0 aliphatic heterocycles. The monoisotopic (exact) mass is 332 g/mol. The molecular formula is C18H24N2O2S. The molecule has 4 nitrogen and oxygen atoms in total. The van der Waals surface area contributed by atoms with Crippen LogP contribution >= 0.6 is 11.3 Å². The van der Waals surface area contributed by atoms with E-state index in [1.54, 1.807) is 11.3 Å². The summed E-state index contributed by atoms with van der Waals surface area (Å²) >= 11 is 1.55. The van der Waals surface area contributed by atoms with Gasteiger partial charge in [-0.2, -0.15) is 0 Å². The van der Waals surface area contributed by atoms with Crippen molar-refractivity contribution < 1.29 is 9.53 Å². The zero-order valence-electron chi connectivity index (χ0n) is 14.0. The van der Waals surface area contributed by atoms with Gasteiger partial charge < -0.3 is 10.1 Å². The largest absolute Gasteiger partial charge is 0.486 e. The van der Waals surface area contributed by atoms with Crippen molar-refractivity contribution in [3.63, 3.8) is 0 Å². The van der Waals surface area contributed by atoms with E-state index < -0.39 is 0 Å². The highest BCUT2D eigenvalue weighted by molar-refractivity contribution is 7.11. The van der Waals surface area contributed by atoms with Gasteiger partial charge in [0.1, 0.15) is 17.4 Å². The second-order valence-corrected chi connectivity index (χ2v) is 7.10. The van der Waals surface area contributed by atoms with Crippen LogP contribution < -0.4 is 10.1 Å². The Kier molecular flexibility index (Phi) is 6.59. The van der Waals surface area contributed by atoms with E-state index in [0.717, 1.165) is 34.3 Å². The summed E-state index contributed by atoms with van der Waals surface area (Å²) < 4.78 is 5.70. The molecule has 0 bridgehead atoms. The molecule has 0 unspecified atom stereocenters. The molecule has 1 N–H and O–H groups in total. The Labute approximate surface area is 141 Å². The highest BCUT2D eigenvalue weighted by Crippen LogP contribution is 2.20. The zero-order chi connectivity index (χ0) is 16.7. The van der Waals surface area contributed by atoms with Gasteiger partial charge in [0.15, 0.2) is 0 Å². The van der Waals surface area contributed by atoms with E-state index in [1.807, 2.05) is 37.3 Å². The molecule has 0 fully saturated rings. The maximum absolute atomic E-state index is 12.0. The van der Waals surface area contributed by atoms with Crippen molar-refractivity contribution in [2.24, 2.45) is 5.92 Å². The van der Waals surface area contributed by atoms with Crippen molar-refractivity contribution >= 4 is 17.2 Å². The molecule has 5 heteroatoms. The Morgan fingerprint density at radius 3 is 2.74 bits per heavy atom. The summed E-state index contributed by atoms with van der Waals surface area (Å²) in [5.74, 6) is 1.49. The molecule has 0 saturated carbocycles. The second-order valence-electron chi connectivity index (χ2n) is 5.93. The number of aromatic nitrogens is 1. The van der Waals surface area contributed by atoms with Crippen LogP contribution in [0.4, 0.5) is 0 Å². The molecule has 2 aromatic rings. The quantitative estimate of drug-likeness (QED) is 0.801. The number of rotatable bonds is 8. The lowest BCUT2D eigenvalue weighted by Gasteiger charge is -2.06. The van der Waals surface area contributed by atoms with Crippen LogP contribution in [0, 0.1) is 12.8 Å². The van der Waals surface area contributed by atoms with E-state index >= 15 is 0 Å². The minimum absolute atomic E-state index is 0.0629. The van der Waals surface area contributed by atoms with Crippen molar-refractivity contribution in [3.8, 4) is 5.75 Å². The third-order valence-corrected chi connectivity index (χ3v) is 4.54. The fraction of sp³-hybridized carbons (Fsp3) is 0.444. The van der Waals surface area contributed by atoms with Crippen LogP contribution in [-0.2, 0) is 17.8 Å². The van der Waals surface area contributed by atoms with E-state index in [2.05, 4.69) is 24.1 Å². The standard InChI is InChI=1S/C18H24N2O2S/c1-13(2)9-10-19-17(21)11-16-14(3)20-18(23-16)12-22-15-7-5-4-6-8-15/h4-8,13H,9-12H2,1-3H3,(H,19,21). The van der Waals surface area contributed by atoms with Crippen LogP contribution in [0.15, 0.2) is 30.3 Å². The number of carbonyl (C=O) groups is 1. The number of thiazole rings is 1. The van der Waals surface area contributed by atoms with Crippen LogP contribution in [0.1, 0.15) is 35.8 Å². The third kappa shape index (κ3) is 6.02. The minimum Gasteiger partial charge on any atom is -0.486 e. The number of nitrogens with one attached hydrogen (secondary N) is 1. The van der Waals surface area contributed by atoms with E-state index in [1.165, 1.54) is 0 Å². The van der Waals surface area contributed by atoms with Crippen molar-refractivity contribution in [3.05, 3.63) is 45.9 Å². The lowest BCUT2D eigenvalue weighted by Crippen LogP contribution is -2.26. The van der Waals surface area contributed by atoms with E-state index in [4.69, 9.17) is 4.74 Å². The molecule has 0 saturated heterocycles. The van der Waals surface area contributed by atoms with E-state index in [-0.39, 0.29) is 5.91 Å². The fourth-order valence-corrected chi connectivity index (χ4v) is 3.07. The molecule has 124 valence electrons. The summed E-state index contributed by atoms with van der Waals surface area (Å²) in [6.45, 7) is 7.42. The molecule has 1 aromatic heterocycles. The summed E-state index contributed by atoms with van der Waals surface area (Å²) in [5.41, 5.74) is 0.917. The molecule has 23 heavy (non-hydrogen) atoms. The number of benzene rings is 1. The lowest BCUT2D eigenvalue weighted by atomic mass is 10.1. The predicted molar refractivity (Wildman–Crippen MR) is 93.8 cm³/mol. The molecule has 0 spiro atoms. The maximum atomic E-state index is 12.0. The molecule has 1 amide bonds. The van der Waals surface area contributed by atoms with Crippen molar-refractivity contribution in [1.29, 1.82) is 0 Å². The van der Waals surface area contributed by atoms with Gasteiger partial charge in [-0.05, 0) is 31.4 Å². The fourth-order valence-electron chi connectivity index (χ4n) is 2.08. The average Bonchev–Trinajstić information content (AvgIpc) is 2.86. The number of nitrogens with zero attached hydrogens (tertiary/aromatic N) is 1. The summed E-state index contributed by atoms with van der Waals surface area (Å²) in [4.78, 5) is 17.5. The Morgan fingerprint density at radius 1 is 1.30 bits per heavy atom. The van der Waals surface area contributed by atoms with Crippen LogP contribution in [0.3, 0.4) is 0 Å². The third-order valence-electron chi connectivity index (χ3n) is 3.41. The molecule has 0 radical (unpaired) electrons. The Morgan fingerprint density at radius 2 is 2.04 bits per heavy atom. The van der Waals surface area contributed by atoms with Gasteiger partial charge in [-0.1, -0.05) is 32.0 Å². The van der Waals surface area contributed by atoms with Gasteiger partial charge in [0.25, 0.3) is 0 Å². The number of amides is 1. The van der Waals surface area contributed by atoms with Gasteiger partial charge in [-0.25, -0.2) is 4.98 Å². The number of aryl methyl sites for hydroxylation is 1. The minimum atomic E-state index is 0.0629. The van der Waals surface area contributed by atoms with Gasteiger partial charge in [0, 0.05) is 11.4 Å². The summed E-state index contributed by atoms with van der Waals surface area (Å²) in [6, 6.07) is 9.67. The molecule has 1 heterocycles. The first-order valence-corrected chi connectivity index (χ1v) is 8.76. The SMILES string of the molecule is Cc1nc(COc2ccccc2)sc1CC(=O)NCCC(C)C. The van der Waals surface area contributed by atoms with Gasteiger partial charge in [-0.15, -0.1) is 11.3 Å². The maximum Gasteiger partial charge on any atom is 0.225 e. The van der Waals surface area contributed by atoms with E-state index in [0.29, 0.717) is 18.9 Å². The molecule has 0 atom stereocenters. The molecule has 0 aliphatic carbocycles. The normalized spacial score (nSPS) is 10.8. The first kappa shape index (κ1) is 17.5. The Balaban J connectivity index is 1.84. The van der Waals surface area contributed by atoms with Crippen LogP contribution in [0.25, 0.3) is 0 Å². The molecule has 2 rings (SSSR count). The van der Waals surface area contributed by atoms with Crippen LogP contribution in [0.2, 0.25) is 0 Å². The molecular weight excluding hydrogens is 308 g/mol. The zero-order valence-corrected chi connectivity index (χ0v) is 14.8. The molecule has 1 aromatic carbocycles. The van der Waals surface area contributed by atoms with Crippen LogP contribution in [0.5, 0.6) is 5.75 Å². The van der Waals surface area contributed by atoms with Gasteiger partial charge >= 0.3 is 0 Å². The number of ether oxygens (including phenoxy) is 1. The second kappa shape index (κ2) is 8.67. The summed E-state index contributed by atoms with van der Waals surface area (Å²) in [5, 5.41) is 3.86.